The fraction of sp³-hybridized carbons (Fsp3) is 1.00. The number of ether oxygens (including phenoxy) is 2. The summed E-state index contributed by atoms with van der Waals surface area (Å²) in [4.78, 5) is 0. The van der Waals surface area contributed by atoms with E-state index in [1.807, 2.05) is 7.11 Å². The second-order valence-corrected chi connectivity index (χ2v) is 14.4. The highest BCUT2D eigenvalue weighted by molar-refractivity contribution is 5.26. The molecule has 0 aromatic rings. The molecule has 0 amide bonds. The highest BCUT2D eigenvalue weighted by Gasteiger charge is 2.77. The van der Waals surface area contributed by atoms with Gasteiger partial charge in [0.25, 0.3) is 0 Å². The molecule has 5 aliphatic carbocycles. The first-order chi connectivity index (χ1) is 14.9. The van der Waals surface area contributed by atoms with Crippen LogP contribution >= 0.6 is 0 Å². The molecular formula is C29H48O3. The molecule has 0 radical (unpaired) electrons. The smallest absolute Gasteiger partial charge is 0.0971 e. The summed E-state index contributed by atoms with van der Waals surface area (Å²) in [7, 11) is 1.99. The summed E-state index contributed by atoms with van der Waals surface area (Å²) < 4.78 is 12.3. The van der Waals surface area contributed by atoms with Crippen molar-refractivity contribution in [1.29, 1.82) is 0 Å². The van der Waals surface area contributed by atoms with E-state index in [0.717, 1.165) is 30.1 Å². The van der Waals surface area contributed by atoms with Crippen molar-refractivity contribution < 1.29 is 14.6 Å². The van der Waals surface area contributed by atoms with Crippen LogP contribution in [0.15, 0.2) is 0 Å². The van der Waals surface area contributed by atoms with Crippen LogP contribution in [0.4, 0.5) is 0 Å². The maximum Gasteiger partial charge on any atom is 0.0971 e. The lowest BCUT2D eigenvalue weighted by molar-refractivity contribution is -0.162. The van der Waals surface area contributed by atoms with Crippen molar-refractivity contribution in [1.82, 2.24) is 0 Å². The maximum atomic E-state index is 11.3. The molecule has 0 aromatic heterocycles. The highest BCUT2D eigenvalue weighted by Crippen LogP contribution is 2.82. The molecule has 6 fully saturated rings. The highest BCUT2D eigenvalue weighted by atomic mass is 16.6. The van der Waals surface area contributed by atoms with E-state index < -0.39 is 0 Å². The molecule has 1 N–H and O–H groups in total. The van der Waals surface area contributed by atoms with Gasteiger partial charge >= 0.3 is 0 Å². The summed E-state index contributed by atoms with van der Waals surface area (Å²) in [5.41, 5.74) is 1.17. The summed E-state index contributed by atoms with van der Waals surface area (Å²) in [6.07, 6.45) is 12.1. The molecule has 1 saturated heterocycles. The molecule has 12 atom stereocenters. The van der Waals surface area contributed by atoms with Gasteiger partial charge in [0.2, 0.25) is 0 Å². The van der Waals surface area contributed by atoms with Crippen molar-refractivity contribution in [2.24, 2.45) is 51.8 Å². The number of hydrogen-bond acceptors (Lipinski definition) is 3. The van der Waals surface area contributed by atoms with Crippen LogP contribution in [0.25, 0.3) is 0 Å². The van der Waals surface area contributed by atoms with Crippen molar-refractivity contribution >= 4 is 0 Å². The van der Waals surface area contributed by atoms with Crippen molar-refractivity contribution in [2.75, 3.05) is 7.11 Å². The molecule has 32 heavy (non-hydrogen) atoms. The third-order valence-electron chi connectivity index (χ3n) is 13.5. The molecule has 5 saturated carbocycles. The van der Waals surface area contributed by atoms with Gasteiger partial charge in [-0.3, -0.25) is 0 Å². The number of methoxy groups -OCH3 is 1. The lowest BCUT2D eigenvalue weighted by atomic mass is 9.45. The zero-order chi connectivity index (χ0) is 22.9. The second-order valence-electron chi connectivity index (χ2n) is 14.4. The Morgan fingerprint density at radius 3 is 2.34 bits per heavy atom. The Bertz CT molecular complexity index is 793. The fourth-order valence-corrected chi connectivity index (χ4v) is 11.2. The third-order valence-corrected chi connectivity index (χ3v) is 13.5. The summed E-state index contributed by atoms with van der Waals surface area (Å²) in [6, 6.07) is 0. The molecule has 1 aliphatic heterocycles. The Labute approximate surface area is 196 Å². The monoisotopic (exact) mass is 444 g/mol. The first-order valence-corrected chi connectivity index (χ1v) is 13.8. The number of aliphatic hydroxyl groups excluding tert-OH is 1. The van der Waals surface area contributed by atoms with Gasteiger partial charge in [-0.2, -0.15) is 0 Å². The van der Waals surface area contributed by atoms with E-state index in [1.54, 1.807) is 0 Å². The van der Waals surface area contributed by atoms with E-state index in [1.165, 1.54) is 51.4 Å². The molecular weight excluding hydrogens is 396 g/mol. The molecule has 0 aromatic carbocycles. The van der Waals surface area contributed by atoms with Crippen LogP contribution < -0.4 is 0 Å². The van der Waals surface area contributed by atoms with Gasteiger partial charge in [-0.1, -0.05) is 20.8 Å². The zero-order valence-electron chi connectivity index (χ0n) is 21.7. The zero-order valence-corrected chi connectivity index (χ0v) is 21.7. The standard InChI is InChI=1S/C29H48O3/c1-17(23(30)16-28(6)25(2,3)32-28)20-8-9-21-19-14-24(31-7)29-15-18(29)10-13-27(29,5)22(19)11-12-26(20,21)4/h17-24,30H,8-16H2,1-7H3/t17-,18-,19-,20+,21-,22-,23+,24+,26+,27+,28-,29-/m0/s1. The van der Waals surface area contributed by atoms with Crippen LogP contribution in [0.1, 0.15) is 99.3 Å². The minimum Gasteiger partial charge on any atom is -0.393 e. The van der Waals surface area contributed by atoms with E-state index in [-0.39, 0.29) is 17.3 Å². The molecule has 6 aliphatic rings. The van der Waals surface area contributed by atoms with Gasteiger partial charge in [0.15, 0.2) is 0 Å². The van der Waals surface area contributed by atoms with E-state index >= 15 is 0 Å². The summed E-state index contributed by atoms with van der Waals surface area (Å²) in [6.45, 7) is 14.1. The van der Waals surface area contributed by atoms with E-state index in [4.69, 9.17) is 9.47 Å². The maximum absolute atomic E-state index is 11.3. The first-order valence-electron chi connectivity index (χ1n) is 13.8. The fourth-order valence-electron chi connectivity index (χ4n) is 11.2. The number of epoxide rings is 1. The molecule has 0 unspecified atom stereocenters. The summed E-state index contributed by atoms with van der Waals surface area (Å²) in [5, 5.41) is 11.3. The first kappa shape index (κ1) is 22.4. The number of hydrogen-bond donors (Lipinski definition) is 1. The van der Waals surface area contributed by atoms with E-state index in [9.17, 15) is 5.11 Å². The normalized spacial score (nSPS) is 58.9. The number of rotatable bonds is 5. The van der Waals surface area contributed by atoms with Gasteiger partial charge in [0.05, 0.1) is 23.4 Å². The average Bonchev–Trinajstić information content (AvgIpc) is 3.45. The van der Waals surface area contributed by atoms with Gasteiger partial charge in [-0.25, -0.2) is 0 Å². The van der Waals surface area contributed by atoms with Gasteiger partial charge in [-0.15, -0.1) is 0 Å². The van der Waals surface area contributed by atoms with E-state index in [2.05, 4.69) is 41.5 Å². The quantitative estimate of drug-likeness (QED) is 0.512. The summed E-state index contributed by atoms with van der Waals surface area (Å²) >= 11 is 0. The van der Waals surface area contributed by atoms with Crippen LogP contribution in [0.2, 0.25) is 0 Å². The van der Waals surface area contributed by atoms with Crippen molar-refractivity contribution in [3.05, 3.63) is 0 Å². The average molecular weight is 445 g/mol. The Kier molecular flexibility index (Phi) is 4.57. The topological polar surface area (TPSA) is 42.0 Å². The number of fused-ring (bicyclic) bond motifs is 4. The lowest BCUT2D eigenvalue weighted by Crippen LogP contribution is -2.57. The van der Waals surface area contributed by atoms with Gasteiger partial charge in [-0.05, 0) is 118 Å². The van der Waals surface area contributed by atoms with Crippen molar-refractivity contribution in [3.63, 3.8) is 0 Å². The Morgan fingerprint density at radius 1 is 1.00 bits per heavy atom. The molecule has 1 spiro atoms. The molecule has 0 bridgehead atoms. The third kappa shape index (κ3) is 2.55. The van der Waals surface area contributed by atoms with Crippen LogP contribution in [-0.4, -0.2) is 35.6 Å². The number of aliphatic hydroxyl groups is 1. The predicted molar refractivity (Wildman–Crippen MR) is 127 cm³/mol. The minimum absolute atomic E-state index is 0.0848. The van der Waals surface area contributed by atoms with E-state index in [0.29, 0.717) is 34.2 Å². The van der Waals surface area contributed by atoms with Gasteiger partial charge < -0.3 is 14.6 Å². The Hall–Kier alpha value is -0.120. The van der Waals surface area contributed by atoms with Crippen LogP contribution in [-0.2, 0) is 9.47 Å². The minimum atomic E-state index is -0.263. The predicted octanol–water partition coefficient (Wildman–Crippen LogP) is 6.22. The molecule has 182 valence electrons. The summed E-state index contributed by atoms with van der Waals surface area (Å²) in [5.74, 6) is 4.48. The lowest BCUT2D eigenvalue weighted by Gasteiger charge is -2.61. The van der Waals surface area contributed by atoms with Crippen molar-refractivity contribution in [2.45, 2.75) is 123 Å². The molecule has 6 rings (SSSR count). The Morgan fingerprint density at radius 2 is 1.72 bits per heavy atom. The van der Waals surface area contributed by atoms with Crippen LogP contribution in [0.5, 0.6) is 0 Å². The largest absolute Gasteiger partial charge is 0.393 e. The van der Waals surface area contributed by atoms with Crippen LogP contribution in [0, 0.1) is 51.8 Å². The molecule has 1 heterocycles. The Balaban J connectivity index is 1.23. The van der Waals surface area contributed by atoms with Gasteiger partial charge in [0.1, 0.15) is 0 Å². The second kappa shape index (κ2) is 6.55. The molecule has 3 heteroatoms. The van der Waals surface area contributed by atoms with Crippen LogP contribution in [0.3, 0.4) is 0 Å². The van der Waals surface area contributed by atoms with Gasteiger partial charge in [0, 0.05) is 18.9 Å². The SMILES string of the molecule is CO[C@@H]1C[C@H]2[C@@H]3CC[C@H]([C@H](C)[C@H](O)C[C@]4(C)OC4(C)C)[C@@]3(C)CC[C@@H]2[C@@]2(C)CC[C@H]3C[C@]312. The molecule has 3 nitrogen and oxygen atoms in total. The van der Waals surface area contributed by atoms with Crippen molar-refractivity contribution in [3.8, 4) is 0 Å².